The van der Waals surface area contributed by atoms with E-state index in [-0.39, 0.29) is 5.92 Å². The summed E-state index contributed by atoms with van der Waals surface area (Å²) in [5.41, 5.74) is 0. The fourth-order valence-electron chi connectivity index (χ4n) is 2.89. The first kappa shape index (κ1) is 13.5. The first-order valence-electron chi connectivity index (χ1n) is 6.71. The lowest BCUT2D eigenvalue weighted by molar-refractivity contribution is 0.0969. The molecule has 2 nitrogen and oxygen atoms in total. The van der Waals surface area contributed by atoms with E-state index >= 15 is 0 Å². The molecular formula is C14H26N2. The van der Waals surface area contributed by atoms with Crippen LogP contribution in [-0.4, -0.2) is 24.0 Å². The van der Waals surface area contributed by atoms with Crippen molar-refractivity contribution < 1.29 is 0 Å². The molecule has 1 aliphatic carbocycles. The smallest absolute Gasteiger partial charge is 0.0672 e. The van der Waals surface area contributed by atoms with Gasteiger partial charge in [0.05, 0.1) is 12.0 Å². The molecule has 0 bridgehead atoms. The van der Waals surface area contributed by atoms with Crippen LogP contribution in [0.1, 0.15) is 52.9 Å². The number of nitriles is 1. The Morgan fingerprint density at radius 1 is 1.38 bits per heavy atom. The molecule has 2 heteroatoms. The molecule has 3 unspecified atom stereocenters. The predicted octanol–water partition coefficient (Wildman–Crippen LogP) is 3.44. The Hall–Kier alpha value is -0.550. The van der Waals surface area contributed by atoms with Crippen LogP contribution in [0.4, 0.5) is 0 Å². The molecule has 0 radical (unpaired) electrons. The van der Waals surface area contributed by atoms with Crippen molar-refractivity contribution in [1.82, 2.24) is 4.90 Å². The topological polar surface area (TPSA) is 27.0 Å². The average Bonchev–Trinajstić information content (AvgIpc) is 2.28. The molecule has 0 N–H and O–H groups in total. The van der Waals surface area contributed by atoms with Crippen molar-refractivity contribution in [3.8, 4) is 6.07 Å². The fourth-order valence-corrected chi connectivity index (χ4v) is 2.89. The summed E-state index contributed by atoms with van der Waals surface area (Å²) < 4.78 is 0. The van der Waals surface area contributed by atoms with Crippen molar-refractivity contribution in [3.63, 3.8) is 0 Å². The van der Waals surface area contributed by atoms with Crippen LogP contribution in [0.15, 0.2) is 0 Å². The van der Waals surface area contributed by atoms with E-state index in [0.29, 0.717) is 12.1 Å². The second-order valence-corrected chi connectivity index (χ2v) is 5.53. The minimum Gasteiger partial charge on any atom is -0.300 e. The fraction of sp³-hybridized carbons (Fsp3) is 0.929. The van der Waals surface area contributed by atoms with Gasteiger partial charge in [0.25, 0.3) is 0 Å². The van der Waals surface area contributed by atoms with Gasteiger partial charge in [0, 0.05) is 12.1 Å². The molecule has 0 amide bonds. The third-order valence-electron chi connectivity index (χ3n) is 4.13. The van der Waals surface area contributed by atoms with Crippen molar-refractivity contribution in [1.29, 1.82) is 5.26 Å². The molecule has 0 aromatic rings. The van der Waals surface area contributed by atoms with Crippen LogP contribution in [-0.2, 0) is 0 Å². The first-order valence-corrected chi connectivity index (χ1v) is 6.71. The SMILES string of the molecule is CCCC1CCC(C#N)C(N(C)C(C)C)C1. The lowest BCUT2D eigenvalue weighted by atomic mass is 9.76. The van der Waals surface area contributed by atoms with E-state index in [2.05, 4.69) is 38.8 Å². The first-order chi connectivity index (χ1) is 7.60. The van der Waals surface area contributed by atoms with Gasteiger partial charge in [0.1, 0.15) is 0 Å². The van der Waals surface area contributed by atoms with Crippen LogP contribution in [0.25, 0.3) is 0 Å². The van der Waals surface area contributed by atoms with Crippen LogP contribution >= 0.6 is 0 Å². The highest BCUT2D eigenvalue weighted by Gasteiger charge is 2.33. The van der Waals surface area contributed by atoms with Crippen LogP contribution in [0.5, 0.6) is 0 Å². The predicted molar refractivity (Wildman–Crippen MR) is 68.0 cm³/mol. The maximum atomic E-state index is 9.23. The number of hydrogen-bond acceptors (Lipinski definition) is 2. The summed E-state index contributed by atoms with van der Waals surface area (Å²) in [6.45, 7) is 6.70. The summed E-state index contributed by atoms with van der Waals surface area (Å²) in [4.78, 5) is 2.40. The minimum absolute atomic E-state index is 0.250. The number of rotatable bonds is 4. The van der Waals surface area contributed by atoms with Gasteiger partial charge in [0.2, 0.25) is 0 Å². The monoisotopic (exact) mass is 222 g/mol. The number of nitrogens with zero attached hydrogens (tertiary/aromatic N) is 2. The normalized spacial score (nSPS) is 30.7. The van der Waals surface area contributed by atoms with E-state index < -0.39 is 0 Å². The molecule has 1 rings (SSSR count). The highest BCUT2D eigenvalue weighted by Crippen LogP contribution is 2.34. The average molecular weight is 222 g/mol. The summed E-state index contributed by atoms with van der Waals surface area (Å²) in [5, 5.41) is 9.23. The number of hydrogen-bond donors (Lipinski definition) is 0. The van der Waals surface area contributed by atoms with Crippen molar-refractivity contribution in [2.45, 2.75) is 65.0 Å². The van der Waals surface area contributed by atoms with E-state index in [1.54, 1.807) is 0 Å². The molecular weight excluding hydrogens is 196 g/mol. The lowest BCUT2D eigenvalue weighted by Gasteiger charge is -2.40. The second-order valence-electron chi connectivity index (χ2n) is 5.53. The summed E-state index contributed by atoms with van der Waals surface area (Å²) in [6, 6.07) is 3.54. The molecule has 1 fully saturated rings. The Morgan fingerprint density at radius 2 is 2.06 bits per heavy atom. The minimum atomic E-state index is 0.250. The zero-order chi connectivity index (χ0) is 12.1. The van der Waals surface area contributed by atoms with Crippen molar-refractivity contribution in [2.75, 3.05) is 7.05 Å². The third-order valence-corrected chi connectivity index (χ3v) is 4.13. The largest absolute Gasteiger partial charge is 0.300 e. The zero-order valence-corrected chi connectivity index (χ0v) is 11.2. The highest BCUT2D eigenvalue weighted by atomic mass is 15.2. The Morgan fingerprint density at radius 3 is 2.56 bits per heavy atom. The van der Waals surface area contributed by atoms with Gasteiger partial charge >= 0.3 is 0 Å². The maximum absolute atomic E-state index is 9.23. The summed E-state index contributed by atoms with van der Waals surface area (Å²) >= 11 is 0. The summed E-state index contributed by atoms with van der Waals surface area (Å²) in [6.07, 6.45) is 6.19. The molecule has 16 heavy (non-hydrogen) atoms. The van der Waals surface area contributed by atoms with Crippen molar-refractivity contribution in [3.05, 3.63) is 0 Å². The van der Waals surface area contributed by atoms with Gasteiger partial charge < -0.3 is 0 Å². The van der Waals surface area contributed by atoms with Gasteiger partial charge in [0.15, 0.2) is 0 Å². The van der Waals surface area contributed by atoms with Crippen LogP contribution in [0, 0.1) is 23.2 Å². The van der Waals surface area contributed by atoms with Crippen molar-refractivity contribution in [2.24, 2.45) is 11.8 Å². The van der Waals surface area contributed by atoms with Gasteiger partial charge in [-0.3, -0.25) is 4.90 Å². The van der Waals surface area contributed by atoms with Gasteiger partial charge in [-0.1, -0.05) is 19.8 Å². The van der Waals surface area contributed by atoms with Crippen LogP contribution in [0.3, 0.4) is 0 Å². The van der Waals surface area contributed by atoms with E-state index in [4.69, 9.17) is 0 Å². The quantitative estimate of drug-likeness (QED) is 0.728. The Bertz CT molecular complexity index is 242. The molecule has 0 aromatic carbocycles. The summed E-state index contributed by atoms with van der Waals surface area (Å²) in [7, 11) is 2.17. The van der Waals surface area contributed by atoms with Crippen LogP contribution < -0.4 is 0 Å². The maximum Gasteiger partial charge on any atom is 0.0672 e. The molecule has 92 valence electrons. The lowest BCUT2D eigenvalue weighted by Crippen LogP contribution is -2.45. The van der Waals surface area contributed by atoms with E-state index in [1.807, 2.05) is 0 Å². The Labute approximate surface area is 101 Å². The Kier molecular flexibility index (Phi) is 5.28. The third kappa shape index (κ3) is 3.22. The molecule has 0 heterocycles. The highest BCUT2D eigenvalue weighted by molar-refractivity contribution is 4.97. The van der Waals surface area contributed by atoms with Gasteiger partial charge in [-0.25, -0.2) is 0 Å². The van der Waals surface area contributed by atoms with E-state index in [0.717, 1.165) is 12.3 Å². The molecule has 1 saturated carbocycles. The van der Waals surface area contributed by atoms with E-state index in [1.165, 1.54) is 25.7 Å². The van der Waals surface area contributed by atoms with E-state index in [9.17, 15) is 5.26 Å². The molecule has 0 saturated heterocycles. The Balaban J connectivity index is 2.64. The molecule has 0 aromatic heterocycles. The zero-order valence-electron chi connectivity index (χ0n) is 11.2. The van der Waals surface area contributed by atoms with Crippen molar-refractivity contribution >= 4 is 0 Å². The molecule has 1 aliphatic rings. The van der Waals surface area contributed by atoms with Gasteiger partial charge in [-0.05, 0) is 46.1 Å². The van der Waals surface area contributed by atoms with Crippen LogP contribution in [0.2, 0.25) is 0 Å². The van der Waals surface area contributed by atoms with Gasteiger partial charge in [-0.15, -0.1) is 0 Å². The summed E-state index contributed by atoms with van der Waals surface area (Å²) in [5.74, 6) is 1.10. The second kappa shape index (κ2) is 6.25. The standard InChI is InChI=1S/C14H26N2/c1-5-6-12-7-8-13(10-15)14(9-12)16(4)11(2)3/h11-14H,5-9H2,1-4H3. The van der Waals surface area contributed by atoms with Gasteiger partial charge in [-0.2, -0.15) is 5.26 Å². The molecule has 3 atom stereocenters. The molecule has 0 aliphatic heterocycles. The molecule has 0 spiro atoms.